The molecule has 3 rings (SSSR count). The summed E-state index contributed by atoms with van der Waals surface area (Å²) in [4.78, 5) is 18.9. The fourth-order valence-electron chi connectivity index (χ4n) is 3.64. The van der Waals surface area contributed by atoms with Crippen LogP contribution in [0.1, 0.15) is 41.8 Å². The zero-order valence-corrected chi connectivity index (χ0v) is 20.4. The first-order chi connectivity index (χ1) is 15.7. The SMILES string of the molecule is Cc1ccc(-c2nc(CS(=O)(=O)CC(=O)CCCCN(C)Cc3ccccc3)c(C)o2)cc1. The van der Waals surface area contributed by atoms with E-state index >= 15 is 0 Å². The van der Waals surface area contributed by atoms with Gasteiger partial charge in [-0.05, 0) is 58.0 Å². The summed E-state index contributed by atoms with van der Waals surface area (Å²) in [6.07, 6.45) is 1.79. The first-order valence-electron chi connectivity index (χ1n) is 11.2. The lowest BCUT2D eigenvalue weighted by Gasteiger charge is -2.16. The Balaban J connectivity index is 1.44. The lowest BCUT2D eigenvalue weighted by molar-refractivity contribution is -0.116. The Morgan fingerprint density at radius 3 is 2.39 bits per heavy atom. The average Bonchev–Trinajstić information content (AvgIpc) is 3.11. The third-order valence-electron chi connectivity index (χ3n) is 5.47. The minimum atomic E-state index is -3.61. The molecule has 0 aliphatic rings. The largest absolute Gasteiger partial charge is 0.441 e. The number of nitrogens with zero attached hydrogens (tertiary/aromatic N) is 2. The third kappa shape index (κ3) is 7.94. The van der Waals surface area contributed by atoms with Crippen LogP contribution in [-0.4, -0.2) is 43.4 Å². The lowest BCUT2D eigenvalue weighted by Crippen LogP contribution is -2.20. The Kier molecular flexibility index (Phi) is 8.58. The molecule has 0 spiro atoms. The summed E-state index contributed by atoms with van der Waals surface area (Å²) < 4.78 is 30.8. The molecule has 0 bridgehead atoms. The highest BCUT2D eigenvalue weighted by Crippen LogP contribution is 2.23. The summed E-state index contributed by atoms with van der Waals surface area (Å²) in [7, 11) is -1.56. The van der Waals surface area contributed by atoms with Crippen LogP contribution in [0, 0.1) is 13.8 Å². The quantitative estimate of drug-likeness (QED) is 0.357. The number of unbranched alkanes of at least 4 members (excludes halogenated alkanes) is 1. The van der Waals surface area contributed by atoms with Gasteiger partial charge in [-0.1, -0.05) is 48.0 Å². The van der Waals surface area contributed by atoms with E-state index in [1.54, 1.807) is 6.92 Å². The van der Waals surface area contributed by atoms with Crippen LogP contribution in [0.2, 0.25) is 0 Å². The highest BCUT2D eigenvalue weighted by atomic mass is 32.2. The molecule has 0 radical (unpaired) electrons. The predicted molar refractivity (Wildman–Crippen MR) is 131 cm³/mol. The first kappa shape index (κ1) is 24.9. The second-order valence-corrected chi connectivity index (χ2v) is 10.7. The number of aromatic nitrogens is 1. The lowest BCUT2D eigenvalue weighted by atomic mass is 10.1. The normalized spacial score (nSPS) is 11.8. The van der Waals surface area contributed by atoms with E-state index in [0.717, 1.165) is 30.6 Å². The number of ketones is 1. The van der Waals surface area contributed by atoms with E-state index in [4.69, 9.17) is 4.42 Å². The number of aryl methyl sites for hydroxylation is 2. The Morgan fingerprint density at radius 1 is 1.00 bits per heavy atom. The van der Waals surface area contributed by atoms with Crippen molar-refractivity contribution in [1.82, 2.24) is 9.88 Å². The molecule has 33 heavy (non-hydrogen) atoms. The van der Waals surface area contributed by atoms with Crippen molar-refractivity contribution in [2.45, 2.75) is 45.4 Å². The summed E-state index contributed by atoms with van der Waals surface area (Å²) >= 11 is 0. The first-order valence-corrected chi connectivity index (χ1v) is 13.0. The molecule has 2 aromatic carbocycles. The van der Waals surface area contributed by atoms with Crippen LogP contribution < -0.4 is 0 Å². The number of carbonyl (C=O) groups is 1. The molecule has 0 atom stereocenters. The van der Waals surface area contributed by atoms with E-state index in [0.29, 0.717) is 23.8 Å². The molecular weight excluding hydrogens is 436 g/mol. The van der Waals surface area contributed by atoms with Crippen LogP contribution in [0.5, 0.6) is 0 Å². The highest BCUT2D eigenvalue weighted by molar-refractivity contribution is 7.91. The molecule has 0 saturated carbocycles. The van der Waals surface area contributed by atoms with Gasteiger partial charge in [0.1, 0.15) is 17.3 Å². The number of hydrogen-bond acceptors (Lipinski definition) is 6. The molecule has 0 N–H and O–H groups in total. The zero-order valence-electron chi connectivity index (χ0n) is 19.6. The molecule has 0 saturated heterocycles. The second-order valence-electron chi connectivity index (χ2n) is 8.64. The van der Waals surface area contributed by atoms with E-state index in [9.17, 15) is 13.2 Å². The van der Waals surface area contributed by atoms with Crippen LogP contribution in [0.3, 0.4) is 0 Å². The van der Waals surface area contributed by atoms with Crippen LogP contribution in [0.4, 0.5) is 0 Å². The van der Waals surface area contributed by atoms with Gasteiger partial charge in [0.05, 0.1) is 11.4 Å². The molecule has 7 heteroatoms. The van der Waals surface area contributed by atoms with E-state index < -0.39 is 15.6 Å². The van der Waals surface area contributed by atoms with Gasteiger partial charge in [0.15, 0.2) is 9.84 Å². The molecular formula is C26H32N2O4S. The fraction of sp³-hybridized carbons (Fsp3) is 0.385. The van der Waals surface area contributed by atoms with Gasteiger partial charge in [0, 0.05) is 18.5 Å². The fourth-order valence-corrected chi connectivity index (χ4v) is 5.06. The van der Waals surface area contributed by atoms with Crippen LogP contribution in [0.25, 0.3) is 11.5 Å². The number of carbonyl (C=O) groups excluding carboxylic acids is 1. The van der Waals surface area contributed by atoms with Gasteiger partial charge in [0.2, 0.25) is 5.89 Å². The van der Waals surface area contributed by atoms with E-state index in [2.05, 4.69) is 22.0 Å². The standard InChI is InChI=1S/C26H32N2O4S/c1-20-12-14-23(15-13-20)26-27-25(21(2)32-26)19-33(30,31)18-24(29)11-7-8-16-28(3)17-22-9-5-4-6-10-22/h4-6,9-10,12-15H,7-8,11,16-19H2,1-3H3. The minimum Gasteiger partial charge on any atom is -0.441 e. The maximum absolute atomic E-state index is 12.6. The van der Waals surface area contributed by atoms with Crippen LogP contribution in [0.15, 0.2) is 59.0 Å². The number of benzene rings is 2. The van der Waals surface area contributed by atoms with Crippen molar-refractivity contribution in [2.24, 2.45) is 0 Å². The molecule has 1 heterocycles. The molecule has 0 amide bonds. The van der Waals surface area contributed by atoms with Gasteiger partial charge < -0.3 is 9.32 Å². The Morgan fingerprint density at radius 2 is 1.70 bits per heavy atom. The van der Waals surface area contributed by atoms with E-state index in [-0.39, 0.29) is 18.0 Å². The van der Waals surface area contributed by atoms with Gasteiger partial charge in [-0.2, -0.15) is 0 Å². The molecule has 6 nitrogen and oxygen atoms in total. The summed E-state index contributed by atoms with van der Waals surface area (Å²) in [5.41, 5.74) is 3.52. The molecule has 0 unspecified atom stereocenters. The third-order valence-corrected chi connectivity index (χ3v) is 6.94. The highest BCUT2D eigenvalue weighted by Gasteiger charge is 2.22. The molecule has 176 valence electrons. The van der Waals surface area contributed by atoms with Crippen molar-refractivity contribution in [1.29, 1.82) is 0 Å². The minimum absolute atomic E-state index is 0.249. The Labute approximate surface area is 196 Å². The van der Waals surface area contributed by atoms with Gasteiger partial charge in [0.25, 0.3) is 0 Å². The van der Waals surface area contributed by atoms with Gasteiger partial charge in [-0.25, -0.2) is 13.4 Å². The van der Waals surface area contributed by atoms with Gasteiger partial charge in [-0.15, -0.1) is 0 Å². The van der Waals surface area contributed by atoms with E-state index in [1.807, 2.05) is 56.4 Å². The van der Waals surface area contributed by atoms with Crippen LogP contribution >= 0.6 is 0 Å². The second kappa shape index (κ2) is 11.4. The Bertz CT molecular complexity index is 1150. The number of sulfone groups is 1. The van der Waals surface area contributed by atoms with Crippen molar-refractivity contribution >= 4 is 15.6 Å². The molecule has 0 aliphatic carbocycles. The molecule has 1 aromatic heterocycles. The topological polar surface area (TPSA) is 80.5 Å². The smallest absolute Gasteiger partial charge is 0.226 e. The summed E-state index contributed by atoms with van der Waals surface area (Å²) in [6, 6.07) is 17.9. The average molecular weight is 469 g/mol. The van der Waals surface area contributed by atoms with Gasteiger partial charge in [-0.3, -0.25) is 4.79 Å². The number of Topliss-reactive ketones (excluding diaryl/α,β-unsaturated/α-hetero) is 1. The molecule has 3 aromatic rings. The van der Waals surface area contributed by atoms with E-state index in [1.165, 1.54) is 5.56 Å². The zero-order chi connectivity index (χ0) is 23.8. The van der Waals surface area contributed by atoms with Crippen molar-refractivity contribution in [3.05, 3.63) is 77.2 Å². The maximum atomic E-state index is 12.6. The Hall–Kier alpha value is -2.77. The number of rotatable bonds is 12. The summed E-state index contributed by atoms with van der Waals surface area (Å²) in [5.74, 6) is -0.147. The van der Waals surface area contributed by atoms with Crippen molar-refractivity contribution in [3.8, 4) is 11.5 Å². The van der Waals surface area contributed by atoms with Crippen molar-refractivity contribution < 1.29 is 17.6 Å². The summed E-state index contributed by atoms with van der Waals surface area (Å²) in [5, 5.41) is 0. The monoisotopic (exact) mass is 468 g/mol. The summed E-state index contributed by atoms with van der Waals surface area (Å²) in [6.45, 7) is 5.39. The number of oxazole rings is 1. The molecule has 0 aliphatic heterocycles. The van der Waals surface area contributed by atoms with Crippen molar-refractivity contribution in [3.63, 3.8) is 0 Å². The van der Waals surface area contributed by atoms with Gasteiger partial charge >= 0.3 is 0 Å². The maximum Gasteiger partial charge on any atom is 0.226 e. The predicted octanol–water partition coefficient (Wildman–Crippen LogP) is 4.74. The molecule has 0 fully saturated rings. The number of hydrogen-bond donors (Lipinski definition) is 0. The van der Waals surface area contributed by atoms with Crippen molar-refractivity contribution in [2.75, 3.05) is 19.3 Å². The van der Waals surface area contributed by atoms with Crippen LogP contribution in [-0.2, 0) is 26.9 Å².